The van der Waals surface area contributed by atoms with E-state index >= 15 is 0 Å². The van der Waals surface area contributed by atoms with Gasteiger partial charge >= 0.3 is 6.18 Å². The van der Waals surface area contributed by atoms with Crippen LogP contribution >= 0.6 is 0 Å². The summed E-state index contributed by atoms with van der Waals surface area (Å²) < 4.78 is 42.2. The first kappa shape index (κ1) is 11.8. The summed E-state index contributed by atoms with van der Waals surface area (Å²) in [7, 11) is 1.17. The molecule has 1 unspecified atom stereocenters. The van der Waals surface area contributed by atoms with Crippen molar-refractivity contribution < 1.29 is 23.0 Å². The molecule has 0 aliphatic heterocycles. The highest BCUT2D eigenvalue weighted by atomic mass is 19.4. The Morgan fingerprint density at radius 3 is 2.33 bits per heavy atom. The number of aliphatic hydroxyl groups is 1. The van der Waals surface area contributed by atoms with Gasteiger partial charge in [0.25, 0.3) is 0 Å². The molecule has 2 nitrogen and oxygen atoms in total. The third-order valence-corrected chi connectivity index (χ3v) is 2.01. The number of methoxy groups -OCH3 is 1. The molecule has 5 heteroatoms. The van der Waals surface area contributed by atoms with Crippen LogP contribution in [-0.4, -0.2) is 12.2 Å². The quantitative estimate of drug-likeness (QED) is 0.830. The van der Waals surface area contributed by atoms with E-state index in [1.807, 2.05) is 0 Å². The minimum Gasteiger partial charge on any atom is -0.496 e. The molecule has 0 amide bonds. The van der Waals surface area contributed by atoms with Crippen molar-refractivity contribution in [2.45, 2.75) is 19.2 Å². The van der Waals surface area contributed by atoms with Gasteiger partial charge in [0.05, 0.1) is 18.8 Å². The van der Waals surface area contributed by atoms with Gasteiger partial charge in [-0.15, -0.1) is 0 Å². The normalized spacial score (nSPS) is 13.7. The van der Waals surface area contributed by atoms with Crippen LogP contribution < -0.4 is 4.74 Å². The lowest BCUT2D eigenvalue weighted by Gasteiger charge is -2.14. The number of benzene rings is 1. The van der Waals surface area contributed by atoms with Gasteiger partial charge in [-0.05, 0) is 24.6 Å². The number of halogens is 3. The van der Waals surface area contributed by atoms with Gasteiger partial charge in [0.1, 0.15) is 5.75 Å². The molecule has 0 heterocycles. The molecule has 1 aromatic carbocycles. The summed E-state index contributed by atoms with van der Waals surface area (Å²) in [5.74, 6) is -0.244. The molecule has 1 atom stereocenters. The van der Waals surface area contributed by atoms with E-state index < -0.39 is 17.8 Å². The largest absolute Gasteiger partial charge is 0.496 e. The van der Waals surface area contributed by atoms with Gasteiger partial charge in [0.2, 0.25) is 0 Å². The molecule has 1 rings (SSSR count). The average Bonchev–Trinajstić information content (AvgIpc) is 2.15. The molecule has 0 aliphatic rings. The number of hydrogen-bond acceptors (Lipinski definition) is 2. The van der Waals surface area contributed by atoms with Crippen molar-refractivity contribution in [3.63, 3.8) is 0 Å². The monoisotopic (exact) mass is 220 g/mol. The van der Waals surface area contributed by atoms with E-state index in [4.69, 9.17) is 5.11 Å². The van der Waals surface area contributed by atoms with Crippen LogP contribution in [0.25, 0.3) is 0 Å². The fourth-order valence-corrected chi connectivity index (χ4v) is 1.21. The molecule has 1 aromatic rings. The molecule has 0 aromatic heterocycles. The van der Waals surface area contributed by atoms with Crippen LogP contribution in [0.4, 0.5) is 13.2 Å². The Bertz CT molecular complexity index is 345. The predicted molar refractivity (Wildman–Crippen MR) is 48.6 cm³/mol. The van der Waals surface area contributed by atoms with Crippen molar-refractivity contribution in [2.24, 2.45) is 0 Å². The van der Waals surface area contributed by atoms with Crippen molar-refractivity contribution in [1.29, 1.82) is 0 Å². The molecule has 0 spiro atoms. The minimum atomic E-state index is -4.48. The van der Waals surface area contributed by atoms with Crippen molar-refractivity contribution >= 4 is 0 Å². The van der Waals surface area contributed by atoms with Crippen LogP contribution in [0.15, 0.2) is 18.2 Å². The van der Waals surface area contributed by atoms with Gasteiger partial charge in [0.15, 0.2) is 0 Å². The number of rotatable bonds is 2. The number of ether oxygens (including phenoxy) is 1. The Morgan fingerprint density at radius 1 is 1.33 bits per heavy atom. The zero-order chi connectivity index (χ0) is 11.6. The average molecular weight is 220 g/mol. The summed E-state index contributed by atoms with van der Waals surface area (Å²) in [4.78, 5) is 0. The van der Waals surface area contributed by atoms with Crippen LogP contribution in [0.2, 0.25) is 0 Å². The maximum Gasteiger partial charge on any atom is 0.419 e. The van der Waals surface area contributed by atoms with E-state index in [9.17, 15) is 13.2 Å². The fraction of sp³-hybridized carbons (Fsp3) is 0.400. The third kappa shape index (κ3) is 2.62. The summed E-state index contributed by atoms with van der Waals surface area (Å²) >= 11 is 0. The number of hydrogen-bond donors (Lipinski definition) is 1. The lowest BCUT2D eigenvalue weighted by Crippen LogP contribution is -2.08. The molecular weight excluding hydrogens is 209 g/mol. The highest BCUT2D eigenvalue weighted by Crippen LogP contribution is 2.37. The Morgan fingerprint density at radius 2 is 1.93 bits per heavy atom. The molecule has 0 bridgehead atoms. The summed E-state index contributed by atoms with van der Waals surface area (Å²) in [5, 5.41) is 9.17. The molecule has 1 N–H and O–H groups in total. The molecule has 0 saturated heterocycles. The highest BCUT2D eigenvalue weighted by molar-refractivity contribution is 5.39. The Kier molecular flexibility index (Phi) is 3.24. The lowest BCUT2D eigenvalue weighted by molar-refractivity contribution is -0.138. The van der Waals surface area contributed by atoms with Gasteiger partial charge in [-0.3, -0.25) is 0 Å². The smallest absolute Gasteiger partial charge is 0.419 e. The maximum absolute atomic E-state index is 12.5. The van der Waals surface area contributed by atoms with Crippen molar-refractivity contribution in [1.82, 2.24) is 0 Å². The van der Waals surface area contributed by atoms with Gasteiger partial charge in [-0.25, -0.2) is 0 Å². The Hall–Kier alpha value is -1.23. The van der Waals surface area contributed by atoms with Gasteiger partial charge in [0, 0.05) is 0 Å². The van der Waals surface area contributed by atoms with E-state index in [1.54, 1.807) is 0 Å². The predicted octanol–water partition coefficient (Wildman–Crippen LogP) is 2.77. The van der Waals surface area contributed by atoms with Crippen LogP contribution in [0.3, 0.4) is 0 Å². The Labute approximate surface area is 85.3 Å². The van der Waals surface area contributed by atoms with E-state index in [2.05, 4.69) is 4.74 Å². The molecule has 15 heavy (non-hydrogen) atoms. The highest BCUT2D eigenvalue weighted by Gasteiger charge is 2.34. The second-order valence-corrected chi connectivity index (χ2v) is 3.13. The fourth-order valence-electron chi connectivity index (χ4n) is 1.21. The van der Waals surface area contributed by atoms with Crippen molar-refractivity contribution in [3.8, 4) is 5.75 Å². The van der Waals surface area contributed by atoms with Crippen molar-refractivity contribution in [2.75, 3.05) is 7.11 Å². The van der Waals surface area contributed by atoms with Crippen molar-refractivity contribution in [3.05, 3.63) is 29.3 Å². The van der Waals surface area contributed by atoms with Crippen LogP contribution in [0.1, 0.15) is 24.2 Å². The maximum atomic E-state index is 12.5. The van der Waals surface area contributed by atoms with Gasteiger partial charge in [-0.2, -0.15) is 13.2 Å². The molecule has 0 radical (unpaired) electrons. The summed E-state index contributed by atoms with van der Waals surface area (Å²) in [5.41, 5.74) is -0.661. The van der Waals surface area contributed by atoms with Crippen LogP contribution in [0, 0.1) is 0 Å². The first-order valence-electron chi connectivity index (χ1n) is 4.29. The van der Waals surface area contributed by atoms with E-state index in [1.165, 1.54) is 26.2 Å². The third-order valence-electron chi connectivity index (χ3n) is 2.01. The summed E-state index contributed by atoms with van der Waals surface area (Å²) in [6, 6.07) is 3.49. The van der Waals surface area contributed by atoms with Gasteiger partial charge < -0.3 is 9.84 Å². The second kappa shape index (κ2) is 4.10. The molecule has 0 fully saturated rings. The molecular formula is C10H11F3O2. The van der Waals surface area contributed by atoms with Gasteiger partial charge in [-0.1, -0.05) is 6.07 Å². The Balaban J connectivity index is 3.26. The number of alkyl halides is 3. The zero-order valence-electron chi connectivity index (χ0n) is 8.30. The summed E-state index contributed by atoms with van der Waals surface area (Å²) in [6.45, 7) is 1.40. The topological polar surface area (TPSA) is 29.5 Å². The van der Waals surface area contributed by atoms with Crippen LogP contribution in [-0.2, 0) is 6.18 Å². The first-order valence-corrected chi connectivity index (χ1v) is 4.29. The lowest BCUT2D eigenvalue weighted by atomic mass is 10.1. The molecule has 0 saturated carbocycles. The summed E-state index contributed by atoms with van der Waals surface area (Å²) in [6.07, 6.45) is -5.41. The number of aliphatic hydroxyl groups excluding tert-OH is 1. The molecule has 84 valence electrons. The zero-order valence-corrected chi connectivity index (χ0v) is 8.30. The minimum absolute atomic E-state index is 0.211. The standard InChI is InChI=1S/C10H11F3O2/c1-6(14)7-3-4-9(15-2)8(5-7)10(11,12)13/h3-6,14H,1-2H3. The molecule has 0 aliphatic carbocycles. The SMILES string of the molecule is COc1ccc(C(C)O)cc1C(F)(F)F. The van der Waals surface area contributed by atoms with E-state index in [0.717, 1.165) is 6.07 Å². The first-order chi connectivity index (χ1) is 6.86. The van der Waals surface area contributed by atoms with E-state index in [-0.39, 0.29) is 11.3 Å². The van der Waals surface area contributed by atoms with E-state index in [0.29, 0.717) is 0 Å². The second-order valence-electron chi connectivity index (χ2n) is 3.13. The van der Waals surface area contributed by atoms with Crippen LogP contribution in [0.5, 0.6) is 5.75 Å².